The maximum Gasteiger partial charge on any atom is 0.333 e. The first kappa shape index (κ1) is 13.4. The summed E-state index contributed by atoms with van der Waals surface area (Å²) in [6.45, 7) is 2.22. The van der Waals surface area contributed by atoms with Gasteiger partial charge in [0, 0.05) is 42.1 Å². The Labute approximate surface area is 124 Å². The highest BCUT2D eigenvalue weighted by atomic mass is 32.2. The van der Waals surface area contributed by atoms with Crippen molar-refractivity contribution in [3.05, 3.63) is 38.4 Å². The zero-order valence-corrected chi connectivity index (χ0v) is 12.5. The fourth-order valence-corrected chi connectivity index (χ4v) is 4.29. The highest BCUT2D eigenvalue weighted by Gasteiger charge is 2.15. The van der Waals surface area contributed by atoms with Crippen molar-refractivity contribution in [2.24, 2.45) is 0 Å². The molecule has 0 spiro atoms. The molecule has 7 heteroatoms. The van der Waals surface area contributed by atoms with Gasteiger partial charge in [0.15, 0.2) is 0 Å². The molecule has 0 atom stereocenters. The molecule has 0 aliphatic carbocycles. The summed E-state index contributed by atoms with van der Waals surface area (Å²) in [6, 6.07) is 6.59. The van der Waals surface area contributed by atoms with Crippen LogP contribution in [0.25, 0.3) is 10.6 Å². The Bertz CT molecular complexity index is 680. The van der Waals surface area contributed by atoms with Gasteiger partial charge in [-0.05, 0) is 29.9 Å². The van der Waals surface area contributed by atoms with E-state index in [0.717, 1.165) is 23.7 Å². The Morgan fingerprint density at radius 2 is 1.85 bits per heavy atom. The molecule has 0 saturated carbocycles. The number of nitro groups is 1. The molecule has 0 radical (unpaired) electrons. The molecule has 3 rings (SSSR count). The van der Waals surface area contributed by atoms with E-state index < -0.39 is 0 Å². The molecule has 104 valence electrons. The summed E-state index contributed by atoms with van der Waals surface area (Å²) in [7, 11) is 0. The first-order valence-electron chi connectivity index (χ1n) is 6.53. The fourth-order valence-electron chi connectivity index (χ4n) is 2.24. The summed E-state index contributed by atoms with van der Waals surface area (Å²) >= 11 is 3.19. The van der Waals surface area contributed by atoms with Crippen LogP contribution in [0.5, 0.6) is 0 Å². The highest BCUT2D eigenvalue weighted by Crippen LogP contribution is 2.23. The highest BCUT2D eigenvalue weighted by molar-refractivity contribution is 7.25. The van der Waals surface area contributed by atoms with Crippen LogP contribution in [0, 0.1) is 10.1 Å². The lowest BCUT2D eigenvalue weighted by Gasteiger charge is -2.06. The van der Waals surface area contributed by atoms with Crippen molar-refractivity contribution < 1.29 is 4.92 Å². The zero-order chi connectivity index (χ0) is 13.9. The Morgan fingerprint density at radius 1 is 1.15 bits per heavy atom. The molecule has 1 aromatic heterocycles. The van der Waals surface area contributed by atoms with Crippen molar-refractivity contribution in [2.45, 2.75) is 19.3 Å². The smallest absolute Gasteiger partial charge is 0.258 e. The van der Waals surface area contributed by atoms with E-state index in [1.807, 2.05) is 0 Å². The Hall–Kier alpha value is -1.60. The lowest BCUT2D eigenvalue weighted by molar-refractivity contribution is -0.384. The van der Waals surface area contributed by atoms with E-state index in [9.17, 15) is 10.1 Å². The van der Waals surface area contributed by atoms with E-state index in [2.05, 4.69) is 8.95 Å². The van der Waals surface area contributed by atoms with Gasteiger partial charge in [-0.1, -0.05) is 0 Å². The minimum Gasteiger partial charge on any atom is -0.258 e. The van der Waals surface area contributed by atoms with Crippen molar-refractivity contribution in [1.29, 1.82) is 0 Å². The van der Waals surface area contributed by atoms with E-state index in [4.69, 9.17) is 0 Å². The molecular weight excluding hydrogens is 294 g/mol. The van der Waals surface area contributed by atoms with E-state index in [1.54, 1.807) is 23.5 Å². The van der Waals surface area contributed by atoms with Gasteiger partial charge in [-0.2, -0.15) is 4.37 Å². The summed E-state index contributed by atoms with van der Waals surface area (Å²) < 4.78 is 8.11. The average Bonchev–Trinajstić information content (AvgIpc) is 2.98. The third kappa shape index (κ3) is 2.78. The number of hydrogen-bond donors (Lipinski definition) is 0. The number of aromatic nitrogens is 1. The van der Waals surface area contributed by atoms with Crippen molar-refractivity contribution in [3.63, 3.8) is 0 Å². The largest absolute Gasteiger partial charge is 0.333 e. The van der Waals surface area contributed by atoms with Gasteiger partial charge < -0.3 is 0 Å². The Balaban J connectivity index is 1.91. The SMILES string of the molecule is O=[N+]([O-])c1ccc(-c2nsc(=[N+]3CCCCC3)s2)cc1. The second kappa shape index (κ2) is 5.80. The molecule has 20 heavy (non-hydrogen) atoms. The first-order valence-corrected chi connectivity index (χ1v) is 8.12. The lowest BCUT2D eigenvalue weighted by atomic mass is 10.2. The summed E-state index contributed by atoms with van der Waals surface area (Å²) in [5.41, 5.74) is 1.06. The lowest BCUT2D eigenvalue weighted by Crippen LogP contribution is -2.31. The van der Waals surface area contributed by atoms with Crippen molar-refractivity contribution in [1.82, 2.24) is 8.95 Å². The predicted molar refractivity (Wildman–Crippen MR) is 80.9 cm³/mol. The van der Waals surface area contributed by atoms with Crippen molar-refractivity contribution >= 4 is 28.6 Å². The molecule has 0 bridgehead atoms. The summed E-state index contributed by atoms with van der Waals surface area (Å²) in [5, 5.41) is 11.6. The third-order valence-electron chi connectivity index (χ3n) is 3.33. The number of benzene rings is 1. The minimum absolute atomic E-state index is 0.116. The van der Waals surface area contributed by atoms with Gasteiger partial charge in [0.25, 0.3) is 5.69 Å². The number of nitrogens with zero attached hydrogens (tertiary/aromatic N) is 3. The maximum absolute atomic E-state index is 10.6. The Kier molecular flexibility index (Phi) is 3.88. The fraction of sp³-hybridized carbons (Fsp3) is 0.385. The van der Waals surface area contributed by atoms with Gasteiger partial charge >= 0.3 is 3.98 Å². The first-order chi connectivity index (χ1) is 9.74. The van der Waals surface area contributed by atoms with E-state index in [1.165, 1.54) is 46.9 Å². The van der Waals surface area contributed by atoms with Crippen LogP contribution in [0.4, 0.5) is 5.69 Å². The second-order valence-electron chi connectivity index (χ2n) is 4.71. The van der Waals surface area contributed by atoms with Gasteiger partial charge in [0.1, 0.15) is 18.1 Å². The van der Waals surface area contributed by atoms with Crippen LogP contribution in [0.2, 0.25) is 0 Å². The topological polar surface area (TPSA) is 59.0 Å². The normalized spacial score (nSPS) is 15.3. The van der Waals surface area contributed by atoms with Gasteiger partial charge in [-0.3, -0.25) is 10.1 Å². The van der Waals surface area contributed by atoms with E-state index in [0.29, 0.717) is 0 Å². The quantitative estimate of drug-likeness (QED) is 0.487. The van der Waals surface area contributed by atoms with Crippen LogP contribution in [0.15, 0.2) is 24.3 Å². The van der Waals surface area contributed by atoms with Crippen molar-refractivity contribution in [3.8, 4) is 10.6 Å². The number of hydrogen-bond acceptors (Lipinski definition) is 5. The molecular formula is C13H14N3O2S2+. The number of non-ortho nitro benzene ring substituents is 1. The molecule has 0 amide bonds. The standard InChI is InChI=1S/C13H14N3O2S2/c17-16(18)11-6-4-10(5-7-11)12-14-20-13(19-12)15-8-2-1-3-9-15/h4-7H,1-3,8-9H2/q+1. The summed E-state index contributed by atoms with van der Waals surface area (Å²) in [5.74, 6) is 0. The molecule has 1 saturated heterocycles. The summed E-state index contributed by atoms with van der Waals surface area (Å²) in [4.78, 5) is 10.3. The zero-order valence-electron chi connectivity index (χ0n) is 10.8. The third-order valence-corrected chi connectivity index (χ3v) is 5.56. The molecule has 2 aromatic rings. The van der Waals surface area contributed by atoms with Crippen molar-refractivity contribution in [2.75, 3.05) is 13.1 Å². The monoisotopic (exact) mass is 308 g/mol. The summed E-state index contributed by atoms with van der Waals surface area (Å²) in [6.07, 6.45) is 3.81. The van der Waals surface area contributed by atoms with Crippen LogP contribution in [0.3, 0.4) is 0 Å². The van der Waals surface area contributed by atoms with Gasteiger partial charge in [0.05, 0.1) is 4.92 Å². The molecule has 2 heterocycles. The van der Waals surface area contributed by atoms with Crippen LogP contribution in [-0.2, 0) is 0 Å². The van der Waals surface area contributed by atoms with Crippen LogP contribution in [-0.4, -0.2) is 22.4 Å². The molecule has 1 aliphatic heterocycles. The van der Waals surface area contributed by atoms with Gasteiger partial charge in [-0.15, -0.1) is 0 Å². The van der Waals surface area contributed by atoms with Crippen LogP contribution in [0.1, 0.15) is 19.3 Å². The van der Waals surface area contributed by atoms with Gasteiger partial charge in [-0.25, -0.2) is 4.58 Å². The van der Waals surface area contributed by atoms with Crippen LogP contribution >= 0.6 is 22.9 Å². The molecule has 1 aliphatic rings. The average molecular weight is 308 g/mol. The van der Waals surface area contributed by atoms with Gasteiger partial charge in [0.2, 0.25) is 0 Å². The molecule has 1 fully saturated rings. The Morgan fingerprint density at radius 3 is 2.50 bits per heavy atom. The number of nitro benzene ring substituents is 1. The van der Waals surface area contributed by atoms with Crippen LogP contribution < -0.4 is 8.56 Å². The molecule has 0 unspecified atom stereocenters. The molecule has 5 nitrogen and oxygen atoms in total. The predicted octanol–water partition coefficient (Wildman–Crippen LogP) is 2.74. The minimum atomic E-state index is -0.382. The molecule has 0 N–H and O–H groups in total. The second-order valence-corrected chi connectivity index (χ2v) is 6.70. The van der Waals surface area contributed by atoms with E-state index in [-0.39, 0.29) is 10.6 Å². The number of piperidine rings is 1. The number of rotatable bonds is 2. The maximum atomic E-state index is 10.6. The molecule has 1 aromatic carbocycles. The van der Waals surface area contributed by atoms with E-state index >= 15 is 0 Å².